The minimum absolute atomic E-state index is 0.0517. The van der Waals surface area contributed by atoms with Crippen LogP contribution in [-0.2, 0) is 27.3 Å². The molecule has 0 bridgehead atoms. The number of Topliss-reactive ketones (excluding diaryl/α,β-unsaturated/α-hetero) is 1. The molecular formula is C23H26N2O5. The van der Waals surface area contributed by atoms with Crippen LogP contribution in [0.5, 0.6) is 0 Å². The van der Waals surface area contributed by atoms with E-state index in [0.29, 0.717) is 38.9 Å². The van der Waals surface area contributed by atoms with E-state index in [1.54, 1.807) is 23.3 Å². The SMILES string of the molecule is COC(=O)c1cccc(C(=O)ON2CCC(C(=O)Cc3cccc(CN)c3)CC2)c1. The van der Waals surface area contributed by atoms with Crippen molar-refractivity contribution in [1.29, 1.82) is 0 Å². The Bertz CT molecular complexity index is 919. The molecule has 0 aliphatic carbocycles. The van der Waals surface area contributed by atoms with Gasteiger partial charge in [0.05, 0.1) is 18.2 Å². The van der Waals surface area contributed by atoms with Gasteiger partial charge in [0, 0.05) is 32.0 Å². The van der Waals surface area contributed by atoms with Gasteiger partial charge in [0.15, 0.2) is 0 Å². The fourth-order valence-electron chi connectivity index (χ4n) is 3.54. The summed E-state index contributed by atoms with van der Waals surface area (Å²) in [5.41, 5.74) is 8.21. The van der Waals surface area contributed by atoms with Crippen molar-refractivity contribution >= 4 is 17.7 Å². The van der Waals surface area contributed by atoms with Crippen LogP contribution in [0.4, 0.5) is 0 Å². The molecule has 0 radical (unpaired) electrons. The summed E-state index contributed by atoms with van der Waals surface area (Å²) in [6.07, 6.45) is 1.65. The van der Waals surface area contributed by atoms with Crippen molar-refractivity contribution in [1.82, 2.24) is 5.06 Å². The van der Waals surface area contributed by atoms with Gasteiger partial charge in [0.2, 0.25) is 0 Å². The number of carbonyl (C=O) groups is 3. The van der Waals surface area contributed by atoms with Crippen molar-refractivity contribution in [3.05, 3.63) is 70.8 Å². The Balaban J connectivity index is 1.51. The Morgan fingerprint density at radius 2 is 1.60 bits per heavy atom. The minimum Gasteiger partial charge on any atom is -0.465 e. The molecule has 0 atom stereocenters. The van der Waals surface area contributed by atoms with Crippen molar-refractivity contribution in [2.24, 2.45) is 11.7 Å². The molecule has 3 rings (SSSR count). The van der Waals surface area contributed by atoms with Crippen LogP contribution in [0, 0.1) is 5.92 Å². The summed E-state index contributed by atoms with van der Waals surface area (Å²) >= 11 is 0. The van der Waals surface area contributed by atoms with E-state index in [2.05, 4.69) is 4.74 Å². The number of ketones is 1. The van der Waals surface area contributed by atoms with E-state index in [1.807, 2.05) is 24.3 Å². The lowest BCUT2D eigenvalue weighted by molar-refractivity contribution is -0.138. The monoisotopic (exact) mass is 410 g/mol. The topological polar surface area (TPSA) is 98.9 Å². The van der Waals surface area contributed by atoms with Crippen molar-refractivity contribution in [2.75, 3.05) is 20.2 Å². The number of carbonyl (C=O) groups excluding carboxylic acids is 3. The first kappa shape index (κ1) is 21.7. The fraction of sp³-hybridized carbons (Fsp3) is 0.348. The zero-order valence-electron chi connectivity index (χ0n) is 17.0. The second-order valence-electron chi connectivity index (χ2n) is 7.32. The molecule has 30 heavy (non-hydrogen) atoms. The number of ether oxygens (including phenoxy) is 1. The zero-order chi connectivity index (χ0) is 21.5. The molecule has 2 aromatic rings. The molecule has 0 spiro atoms. The van der Waals surface area contributed by atoms with E-state index >= 15 is 0 Å². The fourth-order valence-corrected chi connectivity index (χ4v) is 3.54. The summed E-state index contributed by atoms with van der Waals surface area (Å²) in [6.45, 7) is 1.43. The lowest BCUT2D eigenvalue weighted by Crippen LogP contribution is -2.38. The van der Waals surface area contributed by atoms with Gasteiger partial charge in [-0.2, -0.15) is 0 Å². The molecule has 0 unspecified atom stereocenters. The van der Waals surface area contributed by atoms with E-state index < -0.39 is 11.9 Å². The van der Waals surface area contributed by atoms with Gasteiger partial charge in [-0.05, 0) is 42.2 Å². The number of hydrogen-bond donors (Lipinski definition) is 1. The number of piperidine rings is 1. The van der Waals surface area contributed by atoms with Crippen molar-refractivity contribution in [3.63, 3.8) is 0 Å². The maximum absolute atomic E-state index is 12.6. The number of benzene rings is 2. The summed E-state index contributed by atoms with van der Waals surface area (Å²) in [5, 5.41) is 1.58. The summed E-state index contributed by atoms with van der Waals surface area (Å²) in [5.74, 6) is -0.907. The van der Waals surface area contributed by atoms with Gasteiger partial charge in [-0.25, -0.2) is 9.59 Å². The zero-order valence-corrected chi connectivity index (χ0v) is 17.0. The van der Waals surface area contributed by atoms with Crippen LogP contribution in [0.2, 0.25) is 0 Å². The smallest absolute Gasteiger partial charge is 0.357 e. The average Bonchev–Trinajstić information content (AvgIpc) is 2.79. The molecule has 1 heterocycles. The van der Waals surface area contributed by atoms with Crippen molar-refractivity contribution < 1.29 is 24.0 Å². The molecule has 7 nitrogen and oxygen atoms in total. The standard InChI is InChI=1S/C23H26N2O5/c1-29-22(27)19-6-3-7-20(14-19)23(28)30-25-10-8-18(9-11-25)21(26)13-16-4-2-5-17(12-16)15-24/h2-7,12,14,18H,8-11,13,15,24H2,1H3. The Hall–Kier alpha value is -3.03. The van der Waals surface area contributed by atoms with Crippen LogP contribution in [-0.4, -0.2) is 43.0 Å². The number of rotatable bonds is 7. The maximum atomic E-state index is 12.6. The first-order valence-corrected chi connectivity index (χ1v) is 9.96. The highest BCUT2D eigenvalue weighted by atomic mass is 16.7. The van der Waals surface area contributed by atoms with Crippen LogP contribution < -0.4 is 5.73 Å². The highest BCUT2D eigenvalue weighted by Gasteiger charge is 2.27. The molecule has 0 saturated carbocycles. The van der Waals surface area contributed by atoms with Crippen molar-refractivity contribution in [3.8, 4) is 0 Å². The first-order valence-electron chi connectivity index (χ1n) is 9.96. The molecule has 1 aliphatic heterocycles. The summed E-state index contributed by atoms with van der Waals surface area (Å²) in [6, 6.07) is 14.0. The lowest BCUT2D eigenvalue weighted by Gasteiger charge is -2.29. The van der Waals surface area contributed by atoms with Crippen LogP contribution in [0.1, 0.15) is 44.7 Å². The van der Waals surface area contributed by atoms with Crippen LogP contribution in [0.25, 0.3) is 0 Å². The van der Waals surface area contributed by atoms with Gasteiger partial charge in [0.1, 0.15) is 5.78 Å². The number of nitrogens with two attached hydrogens (primary N) is 1. The maximum Gasteiger partial charge on any atom is 0.357 e. The molecule has 1 fully saturated rings. The highest BCUT2D eigenvalue weighted by molar-refractivity contribution is 5.95. The van der Waals surface area contributed by atoms with Crippen LogP contribution in [0.15, 0.2) is 48.5 Å². The predicted molar refractivity (Wildman–Crippen MR) is 111 cm³/mol. The third-order valence-corrected chi connectivity index (χ3v) is 5.25. The van der Waals surface area contributed by atoms with Crippen LogP contribution >= 0.6 is 0 Å². The molecule has 7 heteroatoms. The minimum atomic E-state index is -0.538. The molecule has 1 aliphatic rings. The summed E-state index contributed by atoms with van der Waals surface area (Å²) in [4.78, 5) is 42.1. The normalized spacial score (nSPS) is 14.9. The number of esters is 1. The Morgan fingerprint density at radius 3 is 2.27 bits per heavy atom. The molecule has 2 aromatic carbocycles. The Kier molecular flexibility index (Phi) is 7.32. The van der Waals surface area contributed by atoms with Gasteiger partial charge in [-0.15, -0.1) is 5.06 Å². The molecule has 1 saturated heterocycles. The summed E-state index contributed by atoms with van der Waals surface area (Å²) in [7, 11) is 1.29. The van der Waals surface area contributed by atoms with E-state index in [0.717, 1.165) is 11.1 Å². The van der Waals surface area contributed by atoms with Crippen molar-refractivity contribution in [2.45, 2.75) is 25.8 Å². The molecule has 0 aromatic heterocycles. The van der Waals surface area contributed by atoms with Gasteiger partial charge in [-0.3, -0.25) is 4.79 Å². The second-order valence-corrected chi connectivity index (χ2v) is 7.32. The molecule has 2 N–H and O–H groups in total. The van der Waals surface area contributed by atoms with E-state index in [1.165, 1.54) is 13.2 Å². The van der Waals surface area contributed by atoms with E-state index in [9.17, 15) is 14.4 Å². The summed E-state index contributed by atoms with van der Waals surface area (Å²) < 4.78 is 4.67. The lowest BCUT2D eigenvalue weighted by atomic mass is 9.89. The van der Waals surface area contributed by atoms with Gasteiger partial charge in [-0.1, -0.05) is 30.3 Å². The van der Waals surface area contributed by atoms with E-state index in [-0.39, 0.29) is 22.8 Å². The quantitative estimate of drug-likeness (QED) is 0.700. The number of nitrogens with zero attached hydrogens (tertiary/aromatic N) is 1. The Morgan fingerprint density at radius 1 is 0.967 bits per heavy atom. The third kappa shape index (κ3) is 5.52. The van der Waals surface area contributed by atoms with Crippen LogP contribution in [0.3, 0.4) is 0 Å². The molecular weight excluding hydrogens is 384 g/mol. The number of methoxy groups -OCH3 is 1. The molecule has 0 amide bonds. The molecule has 158 valence electrons. The van der Waals surface area contributed by atoms with Gasteiger partial charge in [0.25, 0.3) is 0 Å². The Labute approximate surface area is 175 Å². The third-order valence-electron chi connectivity index (χ3n) is 5.25. The first-order chi connectivity index (χ1) is 14.5. The number of hydroxylamine groups is 2. The second kappa shape index (κ2) is 10.1. The van der Waals surface area contributed by atoms with E-state index in [4.69, 9.17) is 10.6 Å². The average molecular weight is 410 g/mol. The predicted octanol–water partition coefficient (Wildman–Crippen LogP) is 2.53. The number of hydrogen-bond acceptors (Lipinski definition) is 7. The van der Waals surface area contributed by atoms with Gasteiger partial charge >= 0.3 is 11.9 Å². The largest absolute Gasteiger partial charge is 0.465 e. The highest BCUT2D eigenvalue weighted by Crippen LogP contribution is 2.21. The van der Waals surface area contributed by atoms with Gasteiger partial charge < -0.3 is 15.3 Å².